The molecule has 0 aliphatic heterocycles. The lowest BCUT2D eigenvalue weighted by Gasteiger charge is -2.23. The van der Waals surface area contributed by atoms with Gasteiger partial charge in [-0.25, -0.2) is 36.0 Å². The average molecular weight is 1740 g/mol. The summed E-state index contributed by atoms with van der Waals surface area (Å²) in [5.41, 5.74) is 29.9. The number of sulfone groups is 1. The van der Waals surface area contributed by atoms with Crippen LogP contribution in [0.5, 0.6) is 17.2 Å². The number of para-hydroxylation sites is 1. The van der Waals surface area contributed by atoms with E-state index in [2.05, 4.69) is 117 Å². The van der Waals surface area contributed by atoms with E-state index in [9.17, 15) is 36.0 Å². The van der Waals surface area contributed by atoms with Gasteiger partial charge in [-0.3, -0.25) is 82.2 Å². The number of rotatable bonds is 28. The first kappa shape index (κ1) is 97.0. The third-order valence-electron chi connectivity index (χ3n) is 17.5. The molecule has 0 saturated carbocycles. The molecule has 0 fully saturated rings. The minimum atomic E-state index is -3.83. The number of nitrogens with one attached hydrogen (secondary N) is 12. The maximum atomic E-state index is 13.2. The van der Waals surface area contributed by atoms with Crippen molar-refractivity contribution in [2.24, 2.45) is 5.92 Å². The first-order valence-electron chi connectivity index (χ1n) is 37.7. The first-order chi connectivity index (χ1) is 58.7. The number of carbonyl (C=O) groups excluding carboxylic acids is 4. The van der Waals surface area contributed by atoms with Crippen molar-refractivity contribution in [1.82, 2.24) is 32.3 Å². The molecule has 3 atom stereocenters. The lowest BCUT2D eigenvalue weighted by Crippen LogP contribution is -2.41. The molecule has 123 heavy (non-hydrogen) atoms. The van der Waals surface area contributed by atoms with Crippen LogP contribution in [-0.4, -0.2) is 65.4 Å². The van der Waals surface area contributed by atoms with Crippen molar-refractivity contribution in [2.45, 2.75) is 135 Å². The standard InChI is InChI=1S/C26H25N5O4S.C25H23N5O3S.C21H31N5O3S.C16H12ClN5O/c1-18-11-12-24(19(2)15-18)34-14-8-13-29-26(32)31-30-23-16-21(27-3)22(28-4)17-25(23)36(33)35-20-9-6-5-7-10-20;1-15-7-9-19(10-8-15)28-25(31)30-29-22-13-20(26-5)21(27-6)14-23(22)34(32)33-24-17(3)11-16(2)12-18(24)4;1-8-10-11-15(9-2)14-24-20(27)26-25-18-12-16(22-6)17(23-7)13-19(18)30(28,29)21(3,4)5;1-10-4-6-11(7-5-10)20-16(23)22-21-13-9-15(19-3)14(18-2)8-12(13)17/h5-7,9-12,15-17,30H,8,13-14H2,1-2H3,(H2,29,31,32);7-14,29H,1-4H3,(H2,28,30,31);12-13,15,25H,8-11,14H2,1-5H3,(H2,24,26,27);4-9,21H,1H3,(H2,20,22,23). The summed E-state index contributed by atoms with van der Waals surface area (Å²) in [4.78, 5) is 75.1. The number of carbonyl (C=O) groups is 4. The van der Waals surface area contributed by atoms with Crippen molar-refractivity contribution < 1.29 is 49.1 Å². The van der Waals surface area contributed by atoms with E-state index in [1.54, 1.807) is 75.4 Å². The lowest BCUT2D eigenvalue weighted by atomic mass is 9.99. The fourth-order valence-corrected chi connectivity index (χ4v) is 14.4. The van der Waals surface area contributed by atoms with E-state index >= 15 is 0 Å². The van der Waals surface area contributed by atoms with Crippen LogP contribution in [0.15, 0.2) is 172 Å². The molecule has 9 aromatic carbocycles. The minimum absolute atomic E-state index is 0.00757. The van der Waals surface area contributed by atoms with Crippen molar-refractivity contribution in [3.8, 4) is 17.2 Å². The number of hydrogen-bond acceptors (Lipinski definition) is 15. The average Bonchev–Trinajstić information content (AvgIpc) is 0.768. The summed E-state index contributed by atoms with van der Waals surface area (Å²) in [5, 5.41) is 11.0. The Morgan fingerprint density at radius 1 is 0.455 bits per heavy atom. The van der Waals surface area contributed by atoms with Crippen LogP contribution in [0.1, 0.15) is 106 Å². The predicted molar refractivity (Wildman–Crippen MR) is 483 cm³/mol. The Morgan fingerprint density at radius 3 is 1.33 bits per heavy atom. The van der Waals surface area contributed by atoms with E-state index < -0.39 is 60.9 Å². The molecular formula is C88H91ClN20O11S3. The summed E-state index contributed by atoms with van der Waals surface area (Å²) >= 11 is 1.98. The highest BCUT2D eigenvalue weighted by Crippen LogP contribution is 2.42. The van der Waals surface area contributed by atoms with Gasteiger partial charge in [0.2, 0.25) is 22.2 Å². The van der Waals surface area contributed by atoms with Gasteiger partial charge in [-0.15, -0.1) is 0 Å². The molecule has 0 saturated heterocycles. The Balaban J connectivity index is 0.000000257. The van der Waals surface area contributed by atoms with Crippen molar-refractivity contribution in [1.29, 1.82) is 0 Å². The zero-order valence-corrected chi connectivity index (χ0v) is 72.6. The highest BCUT2D eigenvalue weighted by molar-refractivity contribution is 7.93. The fraction of sp³-hybridized carbons (Fsp3) is 0.250. The zero-order chi connectivity index (χ0) is 90.5. The summed E-state index contributed by atoms with van der Waals surface area (Å²) in [5.74, 6) is 2.02. The topological polar surface area (TPSA) is 343 Å². The molecule has 0 spiro atoms. The van der Waals surface area contributed by atoms with Crippen LogP contribution in [0.4, 0.5) is 98.8 Å². The van der Waals surface area contributed by atoms with Crippen LogP contribution in [0, 0.1) is 107 Å². The second-order valence-corrected chi connectivity index (χ2v) is 33.2. The van der Waals surface area contributed by atoms with E-state index in [-0.39, 0.29) is 82.3 Å². The number of urea groups is 4. The molecule has 0 aliphatic carbocycles. The van der Waals surface area contributed by atoms with Crippen LogP contribution >= 0.6 is 11.6 Å². The molecule has 31 nitrogen and oxygen atoms in total. The molecule has 35 heteroatoms. The van der Waals surface area contributed by atoms with E-state index in [1.165, 1.54) is 48.5 Å². The van der Waals surface area contributed by atoms with Gasteiger partial charge in [0.25, 0.3) is 0 Å². The number of benzene rings is 9. The molecular weight excluding hydrogens is 1640 g/mol. The Morgan fingerprint density at radius 2 is 0.862 bits per heavy atom. The first-order valence-corrected chi connectivity index (χ1v) is 41.7. The van der Waals surface area contributed by atoms with Crippen LogP contribution < -0.4 is 77.8 Å². The Hall–Kier alpha value is -14.9. The van der Waals surface area contributed by atoms with Gasteiger partial charge >= 0.3 is 24.1 Å². The summed E-state index contributed by atoms with van der Waals surface area (Å²) < 4.78 is 67.9. The second-order valence-electron chi connectivity index (χ2n) is 28.0. The number of hydrazine groups is 4. The third-order valence-corrected chi connectivity index (χ3v) is 22.4. The largest absolute Gasteiger partial charge is 0.493 e. The monoisotopic (exact) mass is 1730 g/mol. The highest BCUT2D eigenvalue weighted by atomic mass is 35.5. The molecule has 0 aliphatic rings. The predicted octanol–water partition coefficient (Wildman–Crippen LogP) is 22.0. The van der Waals surface area contributed by atoms with Gasteiger partial charge in [-0.1, -0.05) is 134 Å². The van der Waals surface area contributed by atoms with Gasteiger partial charge in [0.15, 0.2) is 55.3 Å². The molecule has 0 heterocycles. The van der Waals surface area contributed by atoms with Crippen molar-refractivity contribution >= 4 is 147 Å². The Labute approximate surface area is 727 Å². The summed E-state index contributed by atoms with van der Waals surface area (Å²) in [7, 11) is -3.83. The van der Waals surface area contributed by atoms with Crippen molar-refractivity contribution in [2.75, 3.05) is 52.0 Å². The molecule has 0 bridgehead atoms. The van der Waals surface area contributed by atoms with Gasteiger partial charge in [-0.05, 0) is 196 Å². The molecule has 12 N–H and O–H groups in total. The van der Waals surface area contributed by atoms with Crippen molar-refractivity contribution in [3.05, 3.63) is 293 Å². The number of aryl methyl sites for hydroxylation is 7. The van der Waals surface area contributed by atoms with E-state index in [0.717, 1.165) is 70.4 Å². The van der Waals surface area contributed by atoms with Crippen LogP contribution in [0.25, 0.3) is 38.8 Å². The van der Waals surface area contributed by atoms with Crippen LogP contribution in [0.3, 0.4) is 0 Å². The smallest absolute Gasteiger partial charge is 0.337 e. The van der Waals surface area contributed by atoms with Gasteiger partial charge in [0, 0.05) is 24.5 Å². The molecule has 9 aromatic rings. The second kappa shape index (κ2) is 47.6. The maximum Gasteiger partial charge on any atom is 0.337 e. The van der Waals surface area contributed by atoms with Gasteiger partial charge in [0.05, 0.1) is 106 Å². The van der Waals surface area contributed by atoms with E-state index in [1.807, 2.05) is 103 Å². The molecule has 3 unspecified atom stereocenters. The number of nitrogens with zero attached hydrogens (tertiary/aromatic N) is 8. The molecule has 8 amide bonds. The van der Waals surface area contributed by atoms with Crippen LogP contribution in [0.2, 0.25) is 5.02 Å². The zero-order valence-electron chi connectivity index (χ0n) is 69.4. The van der Waals surface area contributed by atoms with Gasteiger partial charge in [0.1, 0.15) is 17.2 Å². The number of hydrogen-bond donors (Lipinski definition) is 12. The van der Waals surface area contributed by atoms with Crippen LogP contribution in [-0.2, 0) is 32.0 Å². The SMILES string of the molecule is [C-]#[N+]c1cc(Cl)c(NNC(=O)Nc2ccc(C)cc2)cc1[N+]#[C-].[C-]#[N+]c1cc(NNC(=O)NCC(CC)CCCC)c(S(=O)(=O)C(C)(C)C)cc1[N+]#[C-].[C-]#[N+]c1cc(NNC(=O)NCCCOc2ccc(C)cc2C)c(S(=O)Oc2ccccc2)cc1[N+]#[C-].[C-]#[N+]c1cc(NNC(=O)Nc2ccc(C)cc2)c(S(=O)Oc2c(C)cc(C)cc2C)cc1[N+]#[C-]. The molecule has 9 rings (SSSR count). The highest BCUT2D eigenvalue weighted by Gasteiger charge is 2.34. The number of unbranched alkanes of at least 4 members (excludes halogenated alkanes) is 1. The third kappa shape index (κ3) is 29.6. The molecule has 634 valence electrons. The Kier molecular flexibility index (Phi) is 37.6. The van der Waals surface area contributed by atoms with Crippen molar-refractivity contribution in [3.63, 3.8) is 0 Å². The lowest BCUT2D eigenvalue weighted by molar-refractivity contribution is 0.239. The number of amides is 8. The molecule has 0 aromatic heterocycles. The summed E-state index contributed by atoms with van der Waals surface area (Å²) in [6.07, 6.45) is 4.76. The minimum Gasteiger partial charge on any atom is -0.493 e. The fourth-order valence-electron chi connectivity index (χ4n) is 11.0. The molecule has 0 radical (unpaired) electrons. The van der Waals surface area contributed by atoms with E-state index in [0.29, 0.717) is 60.6 Å². The Bertz CT molecular complexity index is 5840. The maximum absolute atomic E-state index is 13.2. The number of halogens is 1. The summed E-state index contributed by atoms with van der Waals surface area (Å²) in [6.45, 7) is 81.6. The van der Waals surface area contributed by atoms with E-state index in [4.69, 9.17) is 77.3 Å². The number of anilines is 6. The quantitative estimate of drug-likeness (QED) is 0.0123. The van der Waals surface area contributed by atoms with Gasteiger partial charge < -0.3 is 34.4 Å². The van der Waals surface area contributed by atoms with Gasteiger partial charge in [-0.2, -0.15) is 0 Å². The normalized spacial score (nSPS) is 11.0. The summed E-state index contributed by atoms with van der Waals surface area (Å²) in [6, 6.07) is 41.4. The number of ether oxygens (including phenoxy) is 1.